The lowest BCUT2D eigenvalue weighted by atomic mass is 10.1. The zero-order chi connectivity index (χ0) is 17.8. The molecule has 0 aliphatic rings. The quantitative estimate of drug-likeness (QED) is 0.693. The van der Waals surface area contributed by atoms with Crippen LogP contribution in [0, 0.1) is 0 Å². The van der Waals surface area contributed by atoms with E-state index >= 15 is 0 Å². The Morgan fingerprint density at radius 3 is 1.60 bits per heavy atom. The van der Waals surface area contributed by atoms with Crippen LogP contribution >= 0.6 is 0 Å². The first-order chi connectivity index (χ1) is 12.1. The number of carbonyl (C=O) groups excluding carboxylic acids is 1. The summed E-state index contributed by atoms with van der Waals surface area (Å²) in [5.74, 6) is -0.0601. The summed E-state index contributed by atoms with van der Waals surface area (Å²) in [7, 11) is 0. The molecule has 0 fully saturated rings. The molecule has 3 aromatic rings. The van der Waals surface area contributed by atoms with Gasteiger partial charge in [0.05, 0.1) is 0 Å². The van der Waals surface area contributed by atoms with Gasteiger partial charge in [-0.15, -0.1) is 0 Å². The molecule has 0 bridgehead atoms. The van der Waals surface area contributed by atoms with Gasteiger partial charge in [-0.05, 0) is 54.1 Å². The highest BCUT2D eigenvalue weighted by Gasteiger charge is 2.21. The largest absolute Gasteiger partial charge is 0.508 e. The highest BCUT2D eigenvalue weighted by molar-refractivity contribution is 6.28. The van der Waals surface area contributed by atoms with Gasteiger partial charge in [0.2, 0.25) is 0 Å². The summed E-state index contributed by atoms with van der Waals surface area (Å²) in [6.07, 6.45) is 0. The summed E-state index contributed by atoms with van der Waals surface area (Å²) in [6, 6.07) is 21.9. The predicted molar refractivity (Wildman–Crippen MR) is 98.8 cm³/mol. The Balaban J connectivity index is 2.04. The molecule has 1 amide bonds. The third-order valence-electron chi connectivity index (χ3n) is 3.80. The van der Waals surface area contributed by atoms with E-state index in [1.165, 1.54) is 29.2 Å². The van der Waals surface area contributed by atoms with E-state index in [-0.39, 0.29) is 17.4 Å². The Hall–Kier alpha value is -3.53. The number of phenolic OH excluding ortho intramolecular Hbond substituents is 2. The molecule has 4 nitrogen and oxygen atoms in total. The van der Waals surface area contributed by atoms with E-state index in [1.807, 2.05) is 30.3 Å². The van der Waals surface area contributed by atoms with Crippen LogP contribution in [0.5, 0.6) is 11.5 Å². The molecule has 124 valence electrons. The molecule has 0 radical (unpaired) electrons. The van der Waals surface area contributed by atoms with E-state index in [4.69, 9.17) is 0 Å². The van der Waals surface area contributed by atoms with Crippen LogP contribution in [0.25, 0.3) is 5.57 Å². The van der Waals surface area contributed by atoms with Crippen LogP contribution in [0.1, 0.15) is 5.56 Å². The number of hydrogen-bond donors (Lipinski definition) is 2. The molecule has 0 unspecified atom stereocenters. The molecule has 0 atom stereocenters. The van der Waals surface area contributed by atoms with Crippen molar-refractivity contribution in [3.63, 3.8) is 0 Å². The molecule has 3 rings (SSSR count). The third kappa shape index (κ3) is 3.53. The molecule has 2 N–H and O–H groups in total. The molecular formula is C21H17NO3. The van der Waals surface area contributed by atoms with Crippen LogP contribution in [0.3, 0.4) is 0 Å². The van der Waals surface area contributed by atoms with Gasteiger partial charge in [-0.3, -0.25) is 9.69 Å². The van der Waals surface area contributed by atoms with Crippen molar-refractivity contribution in [2.45, 2.75) is 0 Å². The number of carbonyl (C=O) groups is 1. The number of anilines is 2. The topological polar surface area (TPSA) is 60.8 Å². The van der Waals surface area contributed by atoms with Crippen molar-refractivity contribution in [2.75, 3.05) is 4.90 Å². The van der Waals surface area contributed by atoms with E-state index in [1.54, 1.807) is 24.3 Å². The molecule has 0 spiro atoms. The summed E-state index contributed by atoms with van der Waals surface area (Å²) in [6.45, 7) is 3.94. The molecule has 0 aliphatic carbocycles. The summed E-state index contributed by atoms with van der Waals surface area (Å²) in [5.41, 5.74) is 2.26. The fraction of sp³-hybridized carbons (Fsp3) is 0. The van der Waals surface area contributed by atoms with E-state index in [2.05, 4.69) is 6.58 Å². The second-order valence-corrected chi connectivity index (χ2v) is 5.52. The van der Waals surface area contributed by atoms with Gasteiger partial charge < -0.3 is 10.2 Å². The van der Waals surface area contributed by atoms with Crippen molar-refractivity contribution in [1.82, 2.24) is 0 Å². The van der Waals surface area contributed by atoms with Gasteiger partial charge in [0.25, 0.3) is 5.91 Å². The van der Waals surface area contributed by atoms with Gasteiger partial charge in [-0.2, -0.15) is 0 Å². The fourth-order valence-electron chi connectivity index (χ4n) is 2.48. The van der Waals surface area contributed by atoms with E-state index < -0.39 is 0 Å². The number of benzene rings is 3. The Bertz CT molecular complexity index is 839. The maximum atomic E-state index is 13.1. The van der Waals surface area contributed by atoms with Crippen molar-refractivity contribution in [1.29, 1.82) is 0 Å². The van der Waals surface area contributed by atoms with Crippen LogP contribution in [-0.4, -0.2) is 16.1 Å². The van der Waals surface area contributed by atoms with Gasteiger partial charge in [0.15, 0.2) is 0 Å². The monoisotopic (exact) mass is 331 g/mol. The number of rotatable bonds is 4. The van der Waals surface area contributed by atoms with Crippen molar-refractivity contribution in [2.24, 2.45) is 0 Å². The number of aromatic hydroxyl groups is 2. The molecule has 0 aromatic heterocycles. The highest BCUT2D eigenvalue weighted by atomic mass is 16.3. The maximum Gasteiger partial charge on any atom is 0.262 e. The molecule has 0 aliphatic heterocycles. The van der Waals surface area contributed by atoms with Crippen LogP contribution in [-0.2, 0) is 4.79 Å². The van der Waals surface area contributed by atoms with E-state index in [0.717, 1.165) is 5.56 Å². The minimum Gasteiger partial charge on any atom is -0.508 e. The number of nitrogens with zero attached hydrogens (tertiary/aromatic N) is 1. The van der Waals surface area contributed by atoms with Gasteiger partial charge in [0.1, 0.15) is 11.5 Å². The molecule has 0 heterocycles. The molecule has 0 saturated carbocycles. The Kier molecular flexibility index (Phi) is 4.53. The van der Waals surface area contributed by atoms with Gasteiger partial charge >= 0.3 is 0 Å². The van der Waals surface area contributed by atoms with Gasteiger partial charge in [-0.25, -0.2) is 0 Å². The van der Waals surface area contributed by atoms with Gasteiger partial charge in [-0.1, -0.05) is 36.9 Å². The third-order valence-corrected chi connectivity index (χ3v) is 3.80. The van der Waals surface area contributed by atoms with Crippen LogP contribution in [0.4, 0.5) is 11.4 Å². The number of hydrogen-bond acceptors (Lipinski definition) is 3. The minimum absolute atomic E-state index is 0.115. The zero-order valence-corrected chi connectivity index (χ0v) is 13.5. The standard InChI is InChI=1S/C21H17NO3/c1-15(16-5-3-2-4-6-16)21(25)22(17-7-11-19(23)12-8-17)18-9-13-20(24)14-10-18/h2-14,23-24H,1H2. The van der Waals surface area contributed by atoms with Crippen LogP contribution in [0.2, 0.25) is 0 Å². The summed E-state index contributed by atoms with van der Waals surface area (Å²) in [4.78, 5) is 14.6. The second-order valence-electron chi connectivity index (χ2n) is 5.52. The normalized spacial score (nSPS) is 10.2. The summed E-state index contributed by atoms with van der Waals surface area (Å²) >= 11 is 0. The van der Waals surface area contributed by atoms with Crippen molar-refractivity contribution in [3.8, 4) is 11.5 Å². The Morgan fingerprint density at radius 1 is 0.720 bits per heavy atom. The average Bonchev–Trinajstić information content (AvgIpc) is 2.65. The summed E-state index contributed by atoms with van der Waals surface area (Å²) in [5, 5.41) is 19.0. The Labute approximate surface area is 145 Å². The zero-order valence-electron chi connectivity index (χ0n) is 13.5. The molecule has 3 aromatic carbocycles. The molecule has 25 heavy (non-hydrogen) atoms. The average molecular weight is 331 g/mol. The second kappa shape index (κ2) is 6.93. The molecule has 4 heteroatoms. The maximum absolute atomic E-state index is 13.1. The molecule has 0 saturated heterocycles. The Morgan fingerprint density at radius 2 is 1.16 bits per heavy atom. The highest BCUT2D eigenvalue weighted by Crippen LogP contribution is 2.31. The lowest BCUT2D eigenvalue weighted by Crippen LogP contribution is -2.26. The van der Waals surface area contributed by atoms with Crippen LogP contribution in [0.15, 0.2) is 85.4 Å². The predicted octanol–water partition coefficient (Wildman–Crippen LogP) is 4.48. The first kappa shape index (κ1) is 16.3. The van der Waals surface area contributed by atoms with E-state index in [9.17, 15) is 15.0 Å². The minimum atomic E-state index is -0.289. The SMILES string of the molecule is C=C(C(=O)N(c1ccc(O)cc1)c1ccc(O)cc1)c1ccccc1. The smallest absolute Gasteiger partial charge is 0.262 e. The van der Waals surface area contributed by atoms with E-state index in [0.29, 0.717) is 16.9 Å². The van der Waals surface area contributed by atoms with Crippen molar-refractivity contribution in [3.05, 3.63) is 91.0 Å². The van der Waals surface area contributed by atoms with Crippen molar-refractivity contribution >= 4 is 22.9 Å². The number of amides is 1. The first-order valence-electron chi connectivity index (χ1n) is 7.73. The lowest BCUT2D eigenvalue weighted by molar-refractivity contribution is -0.112. The van der Waals surface area contributed by atoms with Crippen LogP contribution < -0.4 is 4.90 Å². The summed E-state index contributed by atoms with van der Waals surface area (Å²) < 4.78 is 0. The molecular weight excluding hydrogens is 314 g/mol. The fourth-order valence-corrected chi connectivity index (χ4v) is 2.48. The lowest BCUT2D eigenvalue weighted by Gasteiger charge is -2.24. The van der Waals surface area contributed by atoms with Gasteiger partial charge in [0, 0.05) is 16.9 Å². The first-order valence-corrected chi connectivity index (χ1v) is 7.73. The number of phenols is 2. The van der Waals surface area contributed by atoms with Crippen molar-refractivity contribution < 1.29 is 15.0 Å².